The Hall–Kier alpha value is -3.15. The third kappa shape index (κ3) is 2.99. The number of hydrogen-bond donors (Lipinski definition) is 1. The van der Waals surface area contributed by atoms with Gasteiger partial charge in [-0.1, -0.05) is 24.3 Å². The number of hydroxylamine groups is 2. The van der Waals surface area contributed by atoms with Crippen molar-refractivity contribution in [3.05, 3.63) is 47.5 Å². The van der Waals surface area contributed by atoms with E-state index < -0.39 is 17.8 Å². The summed E-state index contributed by atoms with van der Waals surface area (Å²) in [5.41, 5.74) is 7.46. The van der Waals surface area contributed by atoms with Crippen LogP contribution in [0, 0.1) is 0 Å². The smallest absolute Gasteiger partial charge is 0.359 e. The first-order chi connectivity index (χ1) is 11.5. The molecule has 2 N–H and O–H groups in total. The Bertz CT molecular complexity index is 870. The molecule has 24 heavy (non-hydrogen) atoms. The van der Waals surface area contributed by atoms with Gasteiger partial charge in [0.1, 0.15) is 0 Å². The van der Waals surface area contributed by atoms with Gasteiger partial charge in [0.15, 0.2) is 0 Å². The molecule has 1 saturated heterocycles. The summed E-state index contributed by atoms with van der Waals surface area (Å²) in [7, 11) is 0. The third-order valence-corrected chi connectivity index (χ3v) is 3.83. The van der Waals surface area contributed by atoms with Crippen molar-refractivity contribution in [3.63, 3.8) is 0 Å². The normalized spacial score (nSPS) is 15.2. The van der Waals surface area contributed by atoms with Gasteiger partial charge in [0.2, 0.25) is 0 Å². The third-order valence-electron chi connectivity index (χ3n) is 3.83. The van der Waals surface area contributed by atoms with Gasteiger partial charge in [-0.2, -0.15) is 0 Å². The molecule has 1 aliphatic heterocycles. The van der Waals surface area contributed by atoms with Crippen LogP contribution in [0.3, 0.4) is 0 Å². The molecule has 2 amide bonds. The number of carbonyl (C=O) groups is 3. The zero-order chi connectivity index (χ0) is 17.3. The van der Waals surface area contributed by atoms with Crippen molar-refractivity contribution in [3.8, 4) is 0 Å². The first kappa shape index (κ1) is 15.7. The van der Waals surface area contributed by atoms with Gasteiger partial charge in [0.05, 0.1) is 0 Å². The Morgan fingerprint density at radius 2 is 1.71 bits per heavy atom. The number of fused-ring (bicyclic) bond motifs is 1. The summed E-state index contributed by atoms with van der Waals surface area (Å²) in [6.45, 7) is 1.54. The molecule has 3 rings (SSSR count). The summed E-state index contributed by atoms with van der Waals surface area (Å²) in [6, 6.07) is 11.4. The first-order valence-corrected chi connectivity index (χ1v) is 7.50. The molecule has 6 heteroatoms. The van der Waals surface area contributed by atoms with Crippen molar-refractivity contribution in [2.45, 2.75) is 19.8 Å². The highest BCUT2D eigenvalue weighted by molar-refractivity contribution is 6.03. The summed E-state index contributed by atoms with van der Waals surface area (Å²) >= 11 is 0. The Labute approximate surface area is 138 Å². The molecular formula is C18H16N2O4. The van der Waals surface area contributed by atoms with Gasteiger partial charge in [-0.25, -0.2) is 4.79 Å². The standard InChI is InChI=1S/C18H16N2O4/c1-11(18(23)24-20-16(21)6-7-17(20)22)8-14-9-12-4-2-3-5-13(12)10-15(14)19/h2-5,8-10H,6-7,19H2,1H3/b11-8+. The molecule has 122 valence electrons. The van der Waals surface area contributed by atoms with Crippen molar-refractivity contribution in [1.82, 2.24) is 5.06 Å². The second-order valence-electron chi connectivity index (χ2n) is 5.62. The number of amides is 2. The molecule has 0 aromatic heterocycles. The van der Waals surface area contributed by atoms with Crippen LogP contribution in [0.4, 0.5) is 5.69 Å². The number of benzene rings is 2. The maximum absolute atomic E-state index is 12.1. The minimum Gasteiger partial charge on any atom is -0.398 e. The van der Waals surface area contributed by atoms with Crippen molar-refractivity contribution >= 4 is 40.3 Å². The molecule has 0 bridgehead atoms. The van der Waals surface area contributed by atoms with E-state index in [4.69, 9.17) is 10.6 Å². The highest BCUT2D eigenvalue weighted by Crippen LogP contribution is 2.24. The second-order valence-corrected chi connectivity index (χ2v) is 5.62. The second kappa shape index (κ2) is 6.16. The lowest BCUT2D eigenvalue weighted by atomic mass is 10.0. The van der Waals surface area contributed by atoms with Crippen LogP contribution in [-0.2, 0) is 19.2 Å². The lowest BCUT2D eigenvalue weighted by molar-refractivity contribution is -0.194. The summed E-state index contributed by atoms with van der Waals surface area (Å²) in [4.78, 5) is 40.0. The molecule has 0 saturated carbocycles. The molecule has 1 aliphatic rings. The Balaban J connectivity index is 1.85. The van der Waals surface area contributed by atoms with Crippen LogP contribution in [0.1, 0.15) is 25.3 Å². The average molecular weight is 324 g/mol. The van der Waals surface area contributed by atoms with Gasteiger partial charge >= 0.3 is 5.97 Å². The van der Waals surface area contributed by atoms with E-state index in [2.05, 4.69) is 0 Å². The molecule has 0 aliphatic carbocycles. The topological polar surface area (TPSA) is 89.7 Å². The molecule has 2 aromatic carbocycles. The molecule has 1 heterocycles. The van der Waals surface area contributed by atoms with E-state index in [-0.39, 0.29) is 18.4 Å². The molecule has 0 spiro atoms. The zero-order valence-corrected chi connectivity index (χ0v) is 13.1. The van der Waals surface area contributed by atoms with Gasteiger partial charge in [-0.3, -0.25) is 9.59 Å². The fraction of sp³-hybridized carbons (Fsp3) is 0.167. The average Bonchev–Trinajstić information content (AvgIpc) is 2.87. The van der Waals surface area contributed by atoms with Crippen molar-refractivity contribution < 1.29 is 19.2 Å². The molecule has 0 atom stereocenters. The summed E-state index contributed by atoms with van der Waals surface area (Å²) < 4.78 is 0. The monoisotopic (exact) mass is 324 g/mol. The lowest BCUT2D eigenvalue weighted by Gasteiger charge is -2.13. The molecule has 1 fully saturated rings. The summed E-state index contributed by atoms with van der Waals surface area (Å²) in [5, 5.41) is 2.52. The molecule has 2 aromatic rings. The Kier molecular flexibility index (Phi) is 4.04. The Morgan fingerprint density at radius 3 is 2.33 bits per heavy atom. The van der Waals surface area contributed by atoms with Crippen LogP contribution in [0.2, 0.25) is 0 Å². The highest BCUT2D eigenvalue weighted by atomic mass is 16.7. The van der Waals surface area contributed by atoms with E-state index in [0.29, 0.717) is 16.3 Å². The molecule has 6 nitrogen and oxygen atoms in total. The van der Waals surface area contributed by atoms with Crippen LogP contribution in [0.15, 0.2) is 42.0 Å². The van der Waals surface area contributed by atoms with Crippen molar-refractivity contribution in [2.75, 3.05) is 5.73 Å². The van der Waals surface area contributed by atoms with Crippen LogP contribution >= 0.6 is 0 Å². The molecular weight excluding hydrogens is 308 g/mol. The quantitative estimate of drug-likeness (QED) is 0.532. The molecule has 0 unspecified atom stereocenters. The van der Waals surface area contributed by atoms with E-state index in [0.717, 1.165) is 10.8 Å². The summed E-state index contributed by atoms with van der Waals surface area (Å²) in [5.74, 6) is -1.77. The number of nitrogen functional groups attached to an aromatic ring is 1. The number of rotatable bonds is 3. The van der Waals surface area contributed by atoms with E-state index in [1.165, 1.54) is 0 Å². The van der Waals surface area contributed by atoms with Gasteiger partial charge < -0.3 is 10.6 Å². The maximum atomic E-state index is 12.1. The van der Waals surface area contributed by atoms with Gasteiger partial charge in [-0.15, -0.1) is 5.06 Å². The number of imide groups is 1. The van der Waals surface area contributed by atoms with E-state index >= 15 is 0 Å². The number of nitrogens with two attached hydrogens (primary N) is 1. The largest absolute Gasteiger partial charge is 0.398 e. The highest BCUT2D eigenvalue weighted by Gasteiger charge is 2.33. The predicted octanol–water partition coefficient (Wildman–Crippen LogP) is 2.43. The Morgan fingerprint density at radius 1 is 1.12 bits per heavy atom. The fourth-order valence-corrected chi connectivity index (χ4v) is 2.51. The van der Waals surface area contributed by atoms with Crippen molar-refractivity contribution in [2.24, 2.45) is 0 Å². The van der Waals surface area contributed by atoms with Crippen LogP contribution < -0.4 is 5.73 Å². The minimum atomic E-state index is -0.758. The van der Waals surface area contributed by atoms with Gasteiger partial charge in [0.25, 0.3) is 11.8 Å². The van der Waals surface area contributed by atoms with E-state index in [1.807, 2.05) is 36.4 Å². The minimum absolute atomic E-state index is 0.0620. The maximum Gasteiger partial charge on any atom is 0.359 e. The number of carbonyl (C=O) groups excluding carboxylic acids is 3. The first-order valence-electron chi connectivity index (χ1n) is 7.50. The van der Waals surface area contributed by atoms with Crippen LogP contribution in [-0.4, -0.2) is 22.8 Å². The lowest BCUT2D eigenvalue weighted by Crippen LogP contribution is -2.32. The van der Waals surface area contributed by atoms with E-state index in [9.17, 15) is 14.4 Å². The van der Waals surface area contributed by atoms with Crippen molar-refractivity contribution in [1.29, 1.82) is 0 Å². The fourth-order valence-electron chi connectivity index (χ4n) is 2.51. The van der Waals surface area contributed by atoms with E-state index in [1.54, 1.807) is 13.0 Å². The van der Waals surface area contributed by atoms with Crippen LogP contribution in [0.5, 0.6) is 0 Å². The summed E-state index contributed by atoms with van der Waals surface area (Å²) in [6.07, 6.45) is 1.70. The van der Waals surface area contributed by atoms with Gasteiger partial charge in [0, 0.05) is 24.1 Å². The SMILES string of the molecule is C/C(=C\c1cc2ccccc2cc1N)C(=O)ON1C(=O)CCC1=O. The van der Waals surface area contributed by atoms with Crippen LogP contribution in [0.25, 0.3) is 16.8 Å². The zero-order valence-electron chi connectivity index (χ0n) is 13.1. The number of nitrogens with zero attached hydrogens (tertiary/aromatic N) is 1. The van der Waals surface area contributed by atoms with Gasteiger partial charge in [-0.05, 0) is 41.5 Å². The predicted molar refractivity (Wildman–Crippen MR) is 89.2 cm³/mol. The molecule has 0 radical (unpaired) electrons. The number of hydrogen-bond acceptors (Lipinski definition) is 5. The number of anilines is 1.